The van der Waals surface area contributed by atoms with Gasteiger partial charge in [0.15, 0.2) is 5.92 Å². The molecule has 0 saturated carbocycles. The Morgan fingerprint density at radius 2 is 1.89 bits per heavy atom. The minimum absolute atomic E-state index is 0.0854. The smallest absolute Gasteiger partial charge is 0.433 e. The van der Waals surface area contributed by atoms with Crippen molar-refractivity contribution in [2.45, 2.75) is 44.7 Å². The molecule has 1 aromatic rings. The Kier molecular flexibility index (Phi) is 5.62. The summed E-state index contributed by atoms with van der Waals surface area (Å²) in [4.78, 5) is 38.3. The lowest BCUT2D eigenvalue weighted by Gasteiger charge is -2.34. The molecule has 2 heterocycles. The Bertz CT molecular complexity index is 713. The molecule has 1 aromatic heterocycles. The number of carboxylic acid groups (broad SMARTS) is 1. The van der Waals surface area contributed by atoms with E-state index in [1.54, 1.807) is 0 Å². The molecule has 1 aliphatic heterocycles. The SMILES string of the molecule is CC1(C)OC(=O)C(CC(Cc2ccc(C(F)(F)F)nc2)NC(=O)O)C(=O)O1. The van der Waals surface area contributed by atoms with Gasteiger partial charge in [0, 0.05) is 26.1 Å². The number of nitrogens with zero attached hydrogens (tertiary/aromatic N) is 1. The zero-order chi connectivity index (χ0) is 20.4. The van der Waals surface area contributed by atoms with E-state index in [1.807, 2.05) is 0 Å². The largest absolute Gasteiger partial charge is 0.465 e. The van der Waals surface area contributed by atoms with Crippen LogP contribution in [0.4, 0.5) is 18.0 Å². The minimum Gasteiger partial charge on any atom is -0.465 e. The van der Waals surface area contributed by atoms with Gasteiger partial charge >= 0.3 is 24.2 Å². The summed E-state index contributed by atoms with van der Waals surface area (Å²) in [6.07, 6.45) is -5.42. The van der Waals surface area contributed by atoms with Crippen LogP contribution in [0.15, 0.2) is 18.3 Å². The average Bonchev–Trinajstić information content (AvgIpc) is 2.49. The summed E-state index contributed by atoms with van der Waals surface area (Å²) in [7, 11) is 0. The number of alkyl halides is 3. The predicted molar refractivity (Wildman–Crippen MR) is 82.3 cm³/mol. The molecule has 1 aliphatic rings. The minimum atomic E-state index is -4.60. The average molecular weight is 390 g/mol. The van der Waals surface area contributed by atoms with Crippen molar-refractivity contribution in [2.75, 3.05) is 0 Å². The van der Waals surface area contributed by atoms with Crippen molar-refractivity contribution in [1.82, 2.24) is 10.3 Å². The molecular formula is C16H17F3N2O6. The number of cyclic esters (lactones) is 2. The third-order valence-corrected chi connectivity index (χ3v) is 3.71. The fourth-order valence-electron chi connectivity index (χ4n) is 2.59. The summed E-state index contributed by atoms with van der Waals surface area (Å²) in [6.45, 7) is 2.75. The monoisotopic (exact) mass is 390 g/mol. The van der Waals surface area contributed by atoms with Crippen molar-refractivity contribution in [1.29, 1.82) is 0 Å². The first-order valence-corrected chi connectivity index (χ1v) is 7.84. The molecule has 1 saturated heterocycles. The van der Waals surface area contributed by atoms with Crippen molar-refractivity contribution in [3.05, 3.63) is 29.6 Å². The number of nitrogens with one attached hydrogen (secondary N) is 1. The van der Waals surface area contributed by atoms with Crippen LogP contribution in [-0.4, -0.2) is 40.0 Å². The molecule has 1 atom stereocenters. The maximum absolute atomic E-state index is 12.6. The lowest BCUT2D eigenvalue weighted by Crippen LogP contribution is -2.49. The molecule has 1 unspecified atom stereocenters. The van der Waals surface area contributed by atoms with Gasteiger partial charge in [-0.15, -0.1) is 0 Å². The van der Waals surface area contributed by atoms with Crippen molar-refractivity contribution >= 4 is 18.0 Å². The molecule has 2 rings (SSSR count). The van der Waals surface area contributed by atoms with E-state index in [-0.39, 0.29) is 12.8 Å². The molecule has 1 fully saturated rings. The molecule has 0 spiro atoms. The highest BCUT2D eigenvalue weighted by Gasteiger charge is 2.44. The number of pyridine rings is 1. The van der Waals surface area contributed by atoms with Gasteiger partial charge in [-0.3, -0.25) is 14.6 Å². The van der Waals surface area contributed by atoms with Gasteiger partial charge in [-0.1, -0.05) is 6.07 Å². The Hall–Kier alpha value is -2.85. The molecule has 1 amide bonds. The zero-order valence-electron chi connectivity index (χ0n) is 14.4. The molecule has 8 nitrogen and oxygen atoms in total. The molecular weight excluding hydrogens is 373 g/mol. The summed E-state index contributed by atoms with van der Waals surface area (Å²) in [6, 6.07) is 0.957. The van der Waals surface area contributed by atoms with Crippen LogP contribution in [0.2, 0.25) is 0 Å². The second kappa shape index (κ2) is 7.41. The molecule has 0 aromatic carbocycles. The standard InChI is InChI=1S/C16H17F3N2O6/c1-15(2)26-12(22)10(13(23)27-15)6-9(21-14(24)25)5-8-3-4-11(20-7-8)16(17,18)19/h3-4,7,9-10,21H,5-6H2,1-2H3,(H,24,25). The number of amides is 1. The Morgan fingerprint density at radius 3 is 2.33 bits per heavy atom. The van der Waals surface area contributed by atoms with Gasteiger partial charge in [0.1, 0.15) is 5.69 Å². The highest BCUT2D eigenvalue weighted by Crippen LogP contribution is 2.28. The van der Waals surface area contributed by atoms with E-state index < -0.39 is 47.6 Å². The number of rotatable bonds is 5. The number of hydrogen-bond acceptors (Lipinski definition) is 6. The maximum Gasteiger partial charge on any atom is 0.433 e. The second-order valence-corrected chi connectivity index (χ2v) is 6.43. The Morgan fingerprint density at radius 1 is 1.30 bits per heavy atom. The third-order valence-electron chi connectivity index (χ3n) is 3.71. The van der Waals surface area contributed by atoms with Gasteiger partial charge in [-0.05, 0) is 24.5 Å². The summed E-state index contributed by atoms with van der Waals surface area (Å²) in [5, 5.41) is 11.1. The van der Waals surface area contributed by atoms with Gasteiger partial charge in [0.05, 0.1) is 0 Å². The lowest BCUT2D eigenvalue weighted by atomic mass is 9.94. The van der Waals surface area contributed by atoms with Gasteiger partial charge in [0.25, 0.3) is 5.79 Å². The van der Waals surface area contributed by atoms with E-state index in [0.29, 0.717) is 5.56 Å². The van der Waals surface area contributed by atoms with Crippen LogP contribution in [0.25, 0.3) is 0 Å². The number of halogens is 3. The van der Waals surface area contributed by atoms with Crippen molar-refractivity contribution in [3.8, 4) is 0 Å². The predicted octanol–water partition coefficient (Wildman–Crippen LogP) is 2.12. The molecule has 148 valence electrons. The van der Waals surface area contributed by atoms with Gasteiger partial charge in [-0.2, -0.15) is 13.2 Å². The van der Waals surface area contributed by atoms with Crippen LogP contribution < -0.4 is 5.32 Å². The van der Waals surface area contributed by atoms with Crippen LogP contribution in [0.3, 0.4) is 0 Å². The normalized spacial score (nSPS) is 18.4. The van der Waals surface area contributed by atoms with Gasteiger partial charge in [0.2, 0.25) is 0 Å². The Labute approximate surface area is 151 Å². The number of ether oxygens (including phenoxy) is 2. The van der Waals surface area contributed by atoms with Crippen LogP contribution in [0.5, 0.6) is 0 Å². The van der Waals surface area contributed by atoms with Crippen molar-refractivity contribution in [3.63, 3.8) is 0 Å². The maximum atomic E-state index is 12.6. The summed E-state index contributed by atoms with van der Waals surface area (Å²) >= 11 is 0. The second-order valence-electron chi connectivity index (χ2n) is 6.43. The number of carbonyl (C=O) groups excluding carboxylic acids is 2. The Balaban J connectivity index is 2.12. The number of aromatic nitrogens is 1. The molecule has 27 heavy (non-hydrogen) atoms. The molecule has 2 N–H and O–H groups in total. The van der Waals surface area contributed by atoms with E-state index in [2.05, 4.69) is 10.3 Å². The van der Waals surface area contributed by atoms with Crippen molar-refractivity contribution < 1.29 is 42.1 Å². The lowest BCUT2D eigenvalue weighted by molar-refractivity contribution is -0.240. The van der Waals surface area contributed by atoms with Crippen molar-refractivity contribution in [2.24, 2.45) is 5.92 Å². The molecule has 11 heteroatoms. The van der Waals surface area contributed by atoms with Crippen LogP contribution in [0, 0.1) is 5.92 Å². The van der Waals surface area contributed by atoms with E-state index in [1.165, 1.54) is 13.8 Å². The van der Waals surface area contributed by atoms with Gasteiger partial charge in [-0.25, -0.2) is 4.79 Å². The summed E-state index contributed by atoms with van der Waals surface area (Å²) in [5.41, 5.74) is -0.796. The van der Waals surface area contributed by atoms with Gasteiger partial charge < -0.3 is 19.9 Å². The first kappa shape index (κ1) is 20.5. The molecule has 0 aliphatic carbocycles. The first-order chi connectivity index (χ1) is 12.4. The highest BCUT2D eigenvalue weighted by atomic mass is 19.4. The van der Waals surface area contributed by atoms with Crippen LogP contribution >= 0.6 is 0 Å². The molecule has 0 radical (unpaired) electrons. The van der Waals surface area contributed by atoms with Crippen LogP contribution in [-0.2, 0) is 31.7 Å². The summed E-state index contributed by atoms with van der Waals surface area (Å²) in [5.74, 6) is -4.49. The number of hydrogen-bond donors (Lipinski definition) is 2. The third kappa shape index (κ3) is 5.56. The zero-order valence-corrected chi connectivity index (χ0v) is 14.4. The van der Waals surface area contributed by atoms with E-state index in [9.17, 15) is 27.6 Å². The highest BCUT2D eigenvalue weighted by molar-refractivity contribution is 5.96. The number of esters is 2. The van der Waals surface area contributed by atoms with Crippen LogP contribution in [0.1, 0.15) is 31.5 Å². The molecule has 0 bridgehead atoms. The topological polar surface area (TPSA) is 115 Å². The van der Waals surface area contributed by atoms with E-state index >= 15 is 0 Å². The fraction of sp³-hybridized carbons (Fsp3) is 0.500. The fourth-order valence-corrected chi connectivity index (χ4v) is 2.59. The quantitative estimate of drug-likeness (QED) is 0.585. The number of carbonyl (C=O) groups is 3. The first-order valence-electron chi connectivity index (χ1n) is 7.84. The van der Waals surface area contributed by atoms with E-state index in [4.69, 9.17) is 14.6 Å². The summed E-state index contributed by atoms with van der Waals surface area (Å²) < 4.78 is 47.6. The van der Waals surface area contributed by atoms with E-state index in [0.717, 1.165) is 18.3 Å².